The first-order chi connectivity index (χ1) is 7.01. The van der Waals surface area contributed by atoms with Crippen LogP contribution in [0.2, 0.25) is 0 Å². The van der Waals surface area contributed by atoms with Crippen LogP contribution in [-0.4, -0.2) is 35.8 Å². The molecule has 4 heteroatoms. The van der Waals surface area contributed by atoms with Crippen LogP contribution in [-0.2, 0) is 9.47 Å². The van der Waals surface area contributed by atoms with Gasteiger partial charge in [-0.25, -0.2) is 4.99 Å². The van der Waals surface area contributed by atoms with E-state index in [1.54, 1.807) is 17.8 Å². The Morgan fingerprint density at radius 1 is 1.67 bits per heavy atom. The molecule has 0 bridgehead atoms. The molecule has 86 valence electrons. The average Bonchev–Trinajstić information content (AvgIpc) is 2.50. The Kier molecular flexibility index (Phi) is 4.67. The summed E-state index contributed by atoms with van der Waals surface area (Å²) in [6.07, 6.45) is 1.88. The number of hydrogen-bond acceptors (Lipinski definition) is 4. The fourth-order valence-electron chi connectivity index (χ4n) is 1.07. The summed E-state index contributed by atoms with van der Waals surface area (Å²) in [6.45, 7) is 11.0. The van der Waals surface area contributed by atoms with E-state index in [0.717, 1.165) is 11.0 Å². The first kappa shape index (κ1) is 12.6. The number of hydrogen-bond donors (Lipinski definition) is 0. The highest BCUT2D eigenvalue weighted by atomic mass is 32.2. The van der Waals surface area contributed by atoms with E-state index < -0.39 is 0 Å². The van der Waals surface area contributed by atoms with Gasteiger partial charge < -0.3 is 9.47 Å². The molecule has 15 heavy (non-hydrogen) atoms. The summed E-state index contributed by atoms with van der Waals surface area (Å²) in [6, 6.07) is 0. The lowest BCUT2D eigenvalue weighted by Gasteiger charge is -2.13. The Hall–Kier alpha value is -0.480. The van der Waals surface area contributed by atoms with E-state index in [0.29, 0.717) is 13.2 Å². The van der Waals surface area contributed by atoms with Crippen molar-refractivity contribution in [2.75, 3.05) is 19.0 Å². The molecule has 1 atom stereocenters. The Balaban J connectivity index is 2.32. The standard InChI is InChI=1S/C11H19NO2S/c1-5-6-13-7-9-8-15-10(14-9)12-11(2,3)4/h5,9H,1,6-8H2,2-4H3. The largest absolute Gasteiger partial charge is 0.466 e. The molecule has 0 saturated carbocycles. The molecule has 0 aromatic rings. The zero-order valence-corrected chi connectivity index (χ0v) is 10.5. The van der Waals surface area contributed by atoms with Crippen LogP contribution in [0.25, 0.3) is 0 Å². The second kappa shape index (κ2) is 5.56. The van der Waals surface area contributed by atoms with Crippen LogP contribution < -0.4 is 0 Å². The van der Waals surface area contributed by atoms with Gasteiger partial charge in [-0.15, -0.1) is 6.58 Å². The Morgan fingerprint density at radius 2 is 2.40 bits per heavy atom. The Morgan fingerprint density at radius 3 is 3.00 bits per heavy atom. The monoisotopic (exact) mass is 229 g/mol. The predicted octanol–water partition coefficient (Wildman–Crippen LogP) is 2.48. The Bertz CT molecular complexity index is 245. The van der Waals surface area contributed by atoms with Crippen molar-refractivity contribution < 1.29 is 9.47 Å². The number of aliphatic imine (C=N–C) groups is 1. The van der Waals surface area contributed by atoms with Gasteiger partial charge in [-0.2, -0.15) is 0 Å². The van der Waals surface area contributed by atoms with E-state index >= 15 is 0 Å². The van der Waals surface area contributed by atoms with E-state index in [9.17, 15) is 0 Å². The molecular formula is C11H19NO2S. The van der Waals surface area contributed by atoms with Crippen LogP contribution in [0.5, 0.6) is 0 Å². The Labute approximate surface area is 95.9 Å². The third-order valence-electron chi connectivity index (χ3n) is 1.63. The molecular weight excluding hydrogens is 210 g/mol. The number of ether oxygens (including phenoxy) is 2. The molecule has 0 amide bonds. The van der Waals surface area contributed by atoms with E-state index in [1.807, 2.05) is 0 Å². The number of nitrogens with zero attached hydrogens (tertiary/aromatic N) is 1. The molecule has 1 fully saturated rings. The normalized spacial score (nSPS) is 24.2. The van der Waals surface area contributed by atoms with Crippen molar-refractivity contribution >= 4 is 17.0 Å². The molecule has 0 N–H and O–H groups in total. The fourth-order valence-corrected chi connectivity index (χ4v) is 2.11. The minimum Gasteiger partial charge on any atom is -0.466 e. The van der Waals surface area contributed by atoms with Gasteiger partial charge in [-0.1, -0.05) is 17.8 Å². The molecule has 0 aromatic heterocycles. The summed E-state index contributed by atoms with van der Waals surface area (Å²) in [5, 5.41) is 0.787. The van der Waals surface area contributed by atoms with E-state index in [2.05, 4.69) is 32.3 Å². The van der Waals surface area contributed by atoms with Crippen molar-refractivity contribution in [3.8, 4) is 0 Å². The van der Waals surface area contributed by atoms with Gasteiger partial charge >= 0.3 is 0 Å². The SMILES string of the molecule is C=CCOCC1CSC(=NC(C)(C)C)O1. The summed E-state index contributed by atoms with van der Waals surface area (Å²) >= 11 is 1.66. The summed E-state index contributed by atoms with van der Waals surface area (Å²) in [4.78, 5) is 4.47. The third kappa shape index (κ3) is 5.23. The molecule has 1 heterocycles. The summed E-state index contributed by atoms with van der Waals surface area (Å²) in [5.41, 5.74) is -0.0702. The van der Waals surface area contributed by atoms with Crippen LogP contribution in [0.15, 0.2) is 17.6 Å². The molecule has 0 aliphatic carbocycles. The van der Waals surface area contributed by atoms with Gasteiger partial charge in [0.25, 0.3) is 0 Å². The third-order valence-corrected chi connectivity index (χ3v) is 2.60. The van der Waals surface area contributed by atoms with Gasteiger partial charge in [0, 0.05) is 5.75 Å². The maximum absolute atomic E-state index is 5.64. The quantitative estimate of drug-likeness (QED) is 0.548. The molecule has 1 rings (SSSR count). The van der Waals surface area contributed by atoms with Gasteiger partial charge in [0.2, 0.25) is 5.23 Å². The maximum atomic E-state index is 5.64. The van der Waals surface area contributed by atoms with Gasteiger partial charge in [0.15, 0.2) is 0 Å². The van der Waals surface area contributed by atoms with Crippen LogP contribution in [0.4, 0.5) is 0 Å². The zero-order chi connectivity index (χ0) is 11.3. The van der Waals surface area contributed by atoms with E-state index in [4.69, 9.17) is 9.47 Å². The summed E-state index contributed by atoms with van der Waals surface area (Å²) in [7, 11) is 0. The molecule has 0 radical (unpaired) electrons. The molecule has 1 aliphatic rings. The first-order valence-corrected chi connectivity index (χ1v) is 6.08. The minimum atomic E-state index is -0.0702. The highest BCUT2D eigenvalue weighted by molar-refractivity contribution is 8.13. The van der Waals surface area contributed by atoms with Crippen LogP contribution in [0, 0.1) is 0 Å². The van der Waals surface area contributed by atoms with Crippen LogP contribution >= 0.6 is 11.8 Å². The maximum Gasteiger partial charge on any atom is 0.246 e. The summed E-state index contributed by atoms with van der Waals surface area (Å²) < 4.78 is 11.0. The van der Waals surface area contributed by atoms with Gasteiger partial charge in [-0.3, -0.25) is 0 Å². The van der Waals surface area contributed by atoms with Gasteiger partial charge in [0.05, 0.1) is 18.8 Å². The van der Waals surface area contributed by atoms with Crippen molar-refractivity contribution in [2.45, 2.75) is 32.4 Å². The second-order valence-electron chi connectivity index (χ2n) is 4.43. The minimum absolute atomic E-state index is 0.0702. The molecule has 0 aromatic carbocycles. The second-order valence-corrected chi connectivity index (χ2v) is 5.40. The van der Waals surface area contributed by atoms with E-state index in [1.165, 1.54) is 0 Å². The van der Waals surface area contributed by atoms with Crippen molar-refractivity contribution in [3.63, 3.8) is 0 Å². The molecule has 0 spiro atoms. The van der Waals surface area contributed by atoms with E-state index in [-0.39, 0.29) is 11.6 Å². The molecule has 3 nitrogen and oxygen atoms in total. The van der Waals surface area contributed by atoms with Crippen molar-refractivity contribution in [1.82, 2.24) is 0 Å². The molecule has 1 saturated heterocycles. The fraction of sp³-hybridized carbons (Fsp3) is 0.727. The van der Waals surface area contributed by atoms with Crippen molar-refractivity contribution in [1.29, 1.82) is 0 Å². The van der Waals surface area contributed by atoms with Crippen molar-refractivity contribution in [2.24, 2.45) is 4.99 Å². The highest BCUT2D eigenvalue weighted by Gasteiger charge is 2.24. The zero-order valence-electron chi connectivity index (χ0n) is 9.66. The first-order valence-electron chi connectivity index (χ1n) is 5.09. The average molecular weight is 229 g/mol. The molecule has 1 aliphatic heterocycles. The van der Waals surface area contributed by atoms with Crippen LogP contribution in [0.3, 0.4) is 0 Å². The highest BCUT2D eigenvalue weighted by Crippen LogP contribution is 2.23. The smallest absolute Gasteiger partial charge is 0.246 e. The number of rotatable bonds is 4. The topological polar surface area (TPSA) is 30.8 Å². The molecule has 1 unspecified atom stereocenters. The summed E-state index contributed by atoms with van der Waals surface area (Å²) in [5.74, 6) is 0.923. The van der Waals surface area contributed by atoms with Gasteiger partial charge in [0.1, 0.15) is 6.10 Å². The lowest BCUT2D eigenvalue weighted by molar-refractivity contribution is 0.0758. The van der Waals surface area contributed by atoms with Gasteiger partial charge in [-0.05, 0) is 20.8 Å². The number of thioether (sulfide) groups is 1. The predicted molar refractivity (Wildman–Crippen MR) is 65.5 cm³/mol. The van der Waals surface area contributed by atoms with Crippen molar-refractivity contribution in [3.05, 3.63) is 12.7 Å². The van der Waals surface area contributed by atoms with Crippen LogP contribution in [0.1, 0.15) is 20.8 Å². The lowest BCUT2D eigenvalue weighted by atomic mass is 10.1. The lowest BCUT2D eigenvalue weighted by Crippen LogP contribution is -2.19.